The number of hydrogen-bond donors (Lipinski definition) is 1. The van der Waals surface area contributed by atoms with E-state index in [1.807, 2.05) is 50.2 Å². The van der Waals surface area contributed by atoms with Gasteiger partial charge in [-0.25, -0.2) is 0 Å². The van der Waals surface area contributed by atoms with Gasteiger partial charge in [-0.2, -0.15) is 0 Å². The van der Waals surface area contributed by atoms with Crippen LogP contribution in [0.5, 0.6) is 0 Å². The van der Waals surface area contributed by atoms with Gasteiger partial charge in [0.2, 0.25) is 0 Å². The van der Waals surface area contributed by atoms with Crippen LogP contribution >= 0.6 is 0 Å². The van der Waals surface area contributed by atoms with Gasteiger partial charge in [-0.05, 0) is 79.8 Å². The molecule has 2 aromatic carbocycles. The summed E-state index contributed by atoms with van der Waals surface area (Å²) in [6, 6.07) is 14.8. The fourth-order valence-electron chi connectivity index (χ4n) is 3.48. The monoisotopic (exact) mass is 374 g/mol. The number of amides is 2. The number of benzene rings is 2. The molecule has 1 aromatic heterocycles. The third-order valence-electron chi connectivity index (χ3n) is 5.21. The molecule has 2 amide bonds. The van der Waals surface area contributed by atoms with E-state index >= 15 is 0 Å². The number of hydrogen-bond acceptors (Lipinski definition) is 3. The Hall–Kier alpha value is -3.34. The van der Waals surface area contributed by atoms with Crippen LogP contribution in [0.2, 0.25) is 0 Å². The third-order valence-corrected chi connectivity index (χ3v) is 5.21. The molecular formula is C23H22N2O3. The van der Waals surface area contributed by atoms with Crippen LogP contribution in [0.4, 0.5) is 11.4 Å². The van der Waals surface area contributed by atoms with E-state index in [1.54, 1.807) is 17.0 Å². The van der Waals surface area contributed by atoms with Crippen molar-refractivity contribution in [3.05, 3.63) is 82.8 Å². The van der Waals surface area contributed by atoms with Gasteiger partial charge in [0.15, 0.2) is 5.76 Å². The zero-order chi connectivity index (χ0) is 19.7. The zero-order valence-corrected chi connectivity index (χ0v) is 16.0. The lowest BCUT2D eigenvalue weighted by molar-refractivity contribution is 0.0958. The molecule has 1 aliphatic heterocycles. The Morgan fingerprint density at radius 3 is 2.64 bits per heavy atom. The standard InChI is InChI=1S/C23H22N2O3/c1-15-7-8-18(13-16(15)2)22(26)24-19-10-9-17-5-3-11-25(20(17)14-19)23(27)21-6-4-12-28-21/h4,6-10,12-14H,3,5,11H2,1-2H3,(H,24,26). The van der Waals surface area contributed by atoms with Crippen molar-refractivity contribution in [3.63, 3.8) is 0 Å². The van der Waals surface area contributed by atoms with Crippen molar-refractivity contribution in [3.8, 4) is 0 Å². The first kappa shape index (κ1) is 18.0. The SMILES string of the molecule is Cc1ccc(C(=O)Nc2ccc3c(c2)N(C(=O)c2ccco2)CCC3)cc1C. The first-order valence-corrected chi connectivity index (χ1v) is 9.40. The second-order valence-corrected chi connectivity index (χ2v) is 7.13. The number of nitrogens with one attached hydrogen (secondary N) is 1. The van der Waals surface area contributed by atoms with Crippen molar-refractivity contribution in [2.75, 3.05) is 16.8 Å². The topological polar surface area (TPSA) is 62.6 Å². The fraction of sp³-hybridized carbons (Fsp3) is 0.217. The van der Waals surface area contributed by atoms with Gasteiger partial charge >= 0.3 is 0 Å². The number of rotatable bonds is 3. The largest absolute Gasteiger partial charge is 0.459 e. The quantitative estimate of drug-likeness (QED) is 0.720. The van der Waals surface area contributed by atoms with Gasteiger partial charge in [-0.3, -0.25) is 9.59 Å². The Balaban J connectivity index is 1.60. The Kier molecular flexibility index (Phi) is 4.74. The summed E-state index contributed by atoms with van der Waals surface area (Å²) in [6.45, 7) is 4.63. The molecule has 5 heteroatoms. The zero-order valence-electron chi connectivity index (χ0n) is 16.0. The normalized spacial score (nSPS) is 13.1. The van der Waals surface area contributed by atoms with Gasteiger partial charge in [0.25, 0.3) is 11.8 Å². The minimum Gasteiger partial charge on any atom is -0.459 e. The molecule has 0 saturated heterocycles. The van der Waals surface area contributed by atoms with Gasteiger partial charge in [-0.1, -0.05) is 12.1 Å². The van der Waals surface area contributed by atoms with Crippen LogP contribution in [0.3, 0.4) is 0 Å². The number of aryl methyl sites for hydroxylation is 3. The molecule has 4 rings (SSSR count). The van der Waals surface area contributed by atoms with E-state index in [4.69, 9.17) is 4.42 Å². The van der Waals surface area contributed by atoms with Gasteiger partial charge in [0, 0.05) is 23.5 Å². The molecule has 0 bridgehead atoms. The van der Waals surface area contributed by atoms with E-state index in [2.05, 4.69) is 5.32 Å². The summed E-state index contributed by atoms with van der Waals surface area (Å²) in [5.74, 6) is -0.0104. The molecule has 1 N–H and O–H groups in total. The Morgan fingerprint density at radius 1 is 1.04 bits per heavy atom. The maximum atomic E-state index is 12.8. The number of carbonyl (C=O) groups excluding carboxylic acids is 2. The van der Waals surface area contributed by atoms with E-state index in [-0.39, 0.29) is 11.8 Å². The molecule has 5 nitrogen and oxygen atoms in total. The summed E-state index contributed by atoms with van der Waals surface area (Å²) in [5.41, 5.74) is 5.43. The second-order valence-electron chi connectivity index (χ2n) is 7.13. The number of anilines is 2. The van der Waals surface area contributed by atoms with Gasteiger partial charge in [0.1, 0.15) is 0 Å². The highest BCUT2D eigenvalue weighted by atomic mass is 16.3. The van der Waals surface area contributed by atoms with Crippen LogP contribution in [0.25, 0.3) is 0 Å². The highest BCUT2D eigenvalue weighted by Crippen LogP contribution is 2.31. The summed E-state index contributed by atoms with van der Waals surface area (Å²) in [7, 11) is 0. The van der Waals surface area contributed by atoms with Crippen LogP contribution in [0.1, 0.15) is 44.0 Å². The van der Waals surface area contributed by atoms with Crippen molar-refractivity contribution >= 4 is 23.2 Å². The van der Waals surface area contributed by atoms with Crippen LogP contribution < -0.4 is 10.2 Å². The summed E-state index contributed by atoms with van der Waals surface area (Å²) < 4.78 is 5.28. The lowest BCUT2D eigenvalue weighted by Crippen LogP contribution is -2.35. The van der Waals surface area contributed by atoms with Crippen LogP contribution in [-0.2, 0) is 6.42 Å². The molecule has 28 heavy (non-hydrogen) atoms. The molecule has 0 aliphatic carbocycles. The van der Waals surface area contributed by atoms with E-state index in [0.717, 1.165) is 35.2 Å². The lowest BCUT2D eigenvalue weighted by Gasteiger charge is -2.29. The average molecular weight is 374 g/mol. The van der Waals surface area contributed by atoms with Crippen LogP contribution in [0, 0.1) is 13.8 Å². The number of nitrogens with zero attached hydrogens (tertiary/aromatic N) is 1. The van der Waals surface area contributed by atoms with E-state index < -0.39 is 0 Å². The maximum Gasteiger partial charge on any atom is 0.293 e. The molecule has 3 aromatic rings. The average Bonchev–Trinajstić information content (AvgIpc) is 3.24. The van der Waals surface area contributed by atoms with Crippen LogP contribution in [0.15, 0.2) is 59.2 Å². The summed E-state index contributed by atoms with van der Waals surface area (Å²) in [6.07, 6.45) is 3.30. The molecule has 0 fully saturated rings. The lowest BCUT2D eigenvalue weighted by atomic mass is 10.0. The van der Waals surface area contributed by atoms with Crippen molar-refractivity contribution in [2.45, 2.75) is 26.7 Å². The molecule has 1 aliphatic rings. The first-order chi connectivity index (χ1) is 13.5. The molecule has 142 valence electrons. The first-order valence-electron chi connectivity index (χ1n) is 9.40. The predicted octanol–water partition coefficient (Wildman–Crippen LogP) is 4.74. The minimum absolute atomic E-state index is 0.163. The Labute approximate surface area is 164 Å². The third kappa shape index (κ3) is 3.43. The van der Waals surface area contributed by atoms with Crippen molar-refractivity contribution in [1.82, 2.24) is 0 Å². The number of carbonyl (C=O) groups is 2. The molecule has 0 saturated carbocycles. The molecule has 0 radical (unpaired) electrons. The van der Waals surface area contributed by atoms with Crippen molar-refractivity contribution < 1.29 is 14.0 Å². The van der Waals surface area contributed by atoms with Gasteiger partial charge in [-0.15, -0.1) is 0 Å². The number of fused-ring (bicyclic) bond motifs is 1. The van der Waals surface area contributed by atoms with Crippen molar-refractivity contribution in [2.24, 2.45) is 0 Å². The van der Waals surface area contributed by atoms with E-state index in [0.29, 0.717) is 23.6 Å². The summed E-state index contributed by atoms with van der Waals surface area (Å²) >= 11 is 0. The highest BCUT2D eigenvalue weighted by molar-refractivity contribution is 6.07. The maximum absolute atomic E-state index is 12.8. The fourth-order valence-corrected chi connectivity index (χ4v) is 3.48. The van der Waals surface area contributed by atoms with Crippen LogP contribution in [-0.4, -0.2) is 18.4 Å². The molecule has 0 unspecified atom stereocenters. The van der Waals surface area contributed by atoms with Gasteiger partial charge in [0.05, 0.1) is 6.26 Å². The summed E-state index contributed by atoms with van der Waals surface area (Å²) in [5, 5.41) is 2.95. The summed E-state index contributed by atoms with van der Waals surface area (Å²) in [4.78, 5) is 27.2. The van der Waals surface area contributed by atoms with E-state index in [1.165, 1.54) is 6.26 Å². The van der Waals surface area contributed by atoms with Crippen molar-refractivity contribution in [1.29, 1.82) is 0 Å². The molecule has 2 heterocycles. The predicted molar refractivity (Wildman–Crippen MR) is 109 cm³/mol. The number of furan rings is 1. The molecule has 0 atom stereocenters. The Morgan fingerprint density at radius 2 is 1.89 bits per heavy atom. The molecular weight excluding hydrogens is 352 g/mol. The molecule has 0 spiro atoms. The second kappa shape index (κ2) is 7.35. The Bertz CT molecular complexity index is 1040. The smallest absolute Gasteiger partial charge is 0.293 e. The van der Waals surface area contributed by atoms with Gasteiger partial charge < -0.3 is 14.6 Å². The minimum atomic E-state index is -0.164. The highest BCUT2D eigenvalue weighted by Gasteiger charge is 2.25. The van der Waals surface area contributed by atoms with E-state index in [9.17, 15) is 9.59 Å².